The van der Waals surface area contributed by atoms with Gasteiger partial charge in [-0.1, -0.05) is 25.1 Å². The number of hydrogen-bond donors (Lipinski definition) is 1. The lowest BCUT2D eigenvalue weighted by Gasteiger charge is -2.21. The van der Waals surface area contributed by atoms with Crippen LogP contribution in [0.4, 0.5) is 5.69 Å². The maximum Gasteiger partial charge on any atom is 0.272 e. The van der Waals surface area contributed by atoms with Crippen LogP contribution < -0.4 is 5.32 Å². The summed E-state index contributed by atoms with van der Waals surface area (Å²) in [4.78, 5) is 10.8. The Morgan fingerprint density at radius 2 is 2.00 bits per heavy atom. The summed E-state index contributed by atoms with van der Waals surface area (Å²) in [5.74, 6) is 0.285. The summed E-state index contributed by atoms with van der Waals surface area (Å²) in [5, 5.41) is 18.8. The molecular weight excluding hydrogens is 292 g/mol. The first-order chi connectivity index (χ1) is 10.9. The molecule has 0 aliphatic carbocycles. The molecular formula is C17H24N4O2. The van der Waals surface area contributed by atoms with Gasteiger partial charge in [0.1, 0.15) is 0 Å². The molecule has 0 saturated carbocycles. The maximum atomic E-state index is 11.1. The second kappa shape index (κ2) is 7.37. The van der Waals surface area contributed by atoms with E-state index in [1.54, 1.807) is 12.1 Å². The minimum Gasteiger partial charge on any atom is -0.310 e. The smallest absolute Gasteiger partial charge is 0.272 e. The van der Waals surface area contributed by atoms with Gasteiger partial charge in [-0.3, -0.25) is 14.8 Å². The van der Waals surface area contributed by atoms with Crippen LogP contribution in [0.2, 0.25) is 0 Å². The number of para-hydroxylation sites is 1. The monoisotopic (exact) mass is 316 g/mol. The number of aryl methyl sites for hydroxylation is 1. The Labute approximate surface area is 136 Å². The molecule has 0 radical (unpaired) electrons. The minimum atomic E-state index is -0.306. The predicted octanol–water partition coefficient (Wildman–Crippen LogP) is 2.99. The largest absolute Gasteiger partial charge is 0.310 e. The average molecular weight is 316 g/mol. The fourth-order valence-electron chi connectivity index (χ4n) is 2.58. The van der Waals surface area contributed by atoms with E-state index in [4.69, 9.17) is 0 Å². The zero-order valence-corrected chi connectivity index (χ0v) is 14.1. The first-order valence-electron chi connectivity index (χ1n) is 7.83. The summed E-state index contributed by atoms with van der Waals surface area (Å²) in [6.45, 7) is 7.03. The number of aromatic nitrogens is 2. The molecule has 1 N–H and O–H groups in total. The lowest BCUT2D eigenvalue weighted by molar-refractivity contribution is -0.385. The molecule has 2 atom stereocenters. The van der Waals surface area contributed by atoms with Crippen LogP contribution in [-0.2, 0) is 20.0 Å². The number of rotatable bonds is 7. The number of nitrogens with zero attached hydrogens (tertiary/aromatic N) is 3. The first-order valence-corrected chi connectivity index (χ1v) is 7.83. The van der Waals surface area contributed by atoms with Crippen molar-refractivity contribution >= 4 is 5.69 Å². The van der Waals surface area contributed by atoms with E-state index >= 15 is 0 Å². The lowest BCUT2D eigenvalue weighted by Crippen LogP contribution is -2.33. The molecule has 0 amide bonds. The molecule has 1 aromatic heterocycles. The normalized spacial score (nSPS) is 13.7. The summed E-state index contributed by atoms with van der Waals surface area (Å²) < 4.78 is 1.86. The van der Waals surface area contributed by atoms with Crippen molar-refractivity contribution in [1.29, 1.82) is 0 Å². The van der Waals surface area contributed by atoms with Crippen LogP contribution in [-0.4, -0.2) is 20.7 Å². The van der Waals surface area contributed by atoms with Gasteiger partial charge >= 0.3 is 0 Å². The summed E-state index contributed by atoms with van der Waals surface area (Å²) >= 11 is 0. The van der Waals surface area contributed by atoms with Crippen LogP contribution in [0.25, 0.3) is 0 Å². The summed E-state index contributed by atoms with van der Waals surface area (Å²) in [5.41, 5.74) is 3.32. The highest BCUT2D eigenvalue weighted by Crippen LogP contribution is 2.22. The Bertz CT molecular complexity index is 681. The molecule has 6 nitrogen and oxygen atoms in total. The van der Waals surface area contributed by atoms with Crippen LogP contribution in [0.5, 0.6) is 0 Å². The molecule has 0 aliphatic rings. The average Bonchev–Trinajstić information content (AvgIpc) is 2.84. The van der Waals surface area contributed by atoms with Gasteiger partial charge in [0, 0.05) is 42.5 Å². The van der Waals surface area contributed by atoms with Crippen molar-refractivity contribution < 1.29 is 4.92 Å². The van der Waals surface area contributed by atoms with E-state index in [0.717, 1.165) is 17.8 Å². The van der Waals surface area contributed by atoms with Gasteiger partial charge in [-0.25, -0.2) is 0 Å². The molecule has 0 spiro atoms. The fraction of sp³-hybridized carbons (Fsp3) is 0.471. The van der Waals surface area contributed by atoms with E-state index in [-0.39, 0.29) is 22.6 Å². The molecule has 6 heteroatoms. The van der Waals surface area contributed by atoms with E-state index in [0.29, 0.717) is 6.42 Å². The van der Waals surface area contributed by atoms with Gasteiger partial charge in [-0.05, 0) is 26.2 Å². The molecule has 0 saturated heterocycles. The molecule has 0 unspecified atom stereocenters. The van der Waals surface area contributed by atoms with Crippen molar-refractivity contribution in [1.82, 2.24) is 15.1 Å². The van der Waals surface area contributed by atoms with Crippen LogP contribution >= 0.6 is 0 Å². The van der Waals surface area contributed by atoms with E-state index in [2.05, 4.69) is 24.3 Å². The molecule has 0 aliphatic heterocycles. The lowest BCUT2D eigenvalue weighted by atomic mass is 9.94. The third kappa shape index (κ3) is 4.16. The minimum absolute atomic E-state index is 0.203. The highest BCUT2D eigenvalue weighted by atomic mass is 16.6. The van der Waals surface area contributed by atoms with Gasteiger partial charge in [0.2, 0.25) is 0 Å². The zero-order chi connectivity index (χ0) is 17.0. The van der Waals surface area contributed by atoms with Crippen molar-refractivity contribution in [3.63, 3.8) is 0 Å². The molecule has 124 valence electrons. The number of benzene rings is 1. The quantitative estimate of drug-likeness (QED) is 0.629. The predicted molar refractivity (Wildman–Crippen MR) is 90.2 cm³/mol. The van der Waals surface area contributed by atoms with Crippen molar-refractivity contribution in [2.24, 2.45) is 13.0 Å². The number of hydrogen-bond acceptors (Lipinski definition) is 4. The van der Waals surface area contributed by atoms with E-state index < -0.39 is 0 Å². The molecule has 23 heavy (non-hydrogen) atoms. The van der Waals surface area contributed by atoms with Crippen LogP contribution in [0, 0.1) is 23.0 Å². The highest BCUT2D eigenvalue weighted by molar-refractivity contribution is 5.40. The molecule has 0 fully saturated rings. The maximum absolute atomic E-state index is 11.1. The number of nitro groups is 1. The zero-order valence-electron chi connectivity index (χ0n) is 14.1. The van der Waals surface area contributed by atoms with Gasteiger partial charge in [-0.15, -0.1) is 0 Å². The number of nitro benzene ring substituents is 1. The van der Waals surface area contributed by atoms with Gasteiger partial charge < -0.3 is 5.32 Å². The third-order valence-corrected chi connectivity index (χ3v) is 4.54. The molecule has 1 heterocycles. The SMILES string of the molecule is Cc1c(CN[C@H](C)[C@H](C)Cc2ccccc2[N+](=O)[O-])cnn1C. The Hall–Kier alpha value is -2.21. The first kappa shape index (κ1) is 17.1. The van der Waals surface area contributed by atoms with Crippen LogP contribution in [0.15, 0.2) is 30.5 Å². The van der Waals surface area contributed by atoms with Crippen molar-refractivity contribution in [3.8, 4) is 0 Å². The highest BCUT2D eigenvalue weighted by Gasteiger charge is 2.19. The molecule has 2 aromatic rings. The Morgan fingerprint density at radius 1 is 1.30 bits per heavy atom. The van der Waals surface area contributed by atoms with E-state index in [1.165, 1.54) is 5.56 Å². The van der Waals surface area contributed by atoms with E-state index in [9.17, 15) is 10.1 Å². The molecule has 2 rings (SSSR count). The third-order valence-electron chi connectivity index (χ3n) is 4.54. The summed E-state index contributed by atoms with van der Waals surface area (Å²) in [7, 11) is 1.93. The standard InChI is InChI=1S/C17H24N4O2/c1-12(9-15-7-5-6-8-17(15)21(22)23)13(2)18-10-16-11-19-20(4)14(16)3/h5-8,11-13,18H,9-10H2,1-4H3/t12-,13-/m1/s1. The van der Waals surface area contributed by atoms with Gasteiger partial charge in [0.25, 0.3) is 5.69 Å². The molecule has 1 aromatic carbocycles. The van der Waals surface area contributed by atoms with Crippen molar-refractivity contribution in [3.05, 3.63) is 57.4 Å². The Kier molecular flexibility index (Phi) is 5.50. The van der Waals surface area contributed by atoms with E-state index in [1.807, 2.05) is 37.0 Å². The Morgan fingerprint density at radius 3 is 2.61 bits per heavy atom. The molecule has 0 bridgehead atoms. The second-order valence-corrected chi connectivity index (χ2v) is 6.12. The van der Waals surface area contributed by atoms with Gasteiger partial charge in [-0.2, -0.15) is 5.10 Å². The fourth-order valence-corrected chi connectivity index (χ4v) is 2.58. The summed E-state index contributed by atoms with van der Waals surface area (Å²) in [6, 6.07) is 7.21. The van der Waals surface area contributed by atoms with Crippen molar-refractivity contribution in [2.45, 2.75) is 39.8 Å². The number of nitrogens with one attached hydrogen (secondary N) is 1. The second-order valence-electron chi connectivity index (χ2n) is 6.12. The Balaban J connectivity index is 1.96. The summed E-state index contributed by atoms with van der Waals surface area (Å²) in [6.07, 6.45) is 2.55. The van der Waals surface area contributed by atoms with Crippen LogP contribution in [0.3, 0.4) is 0 Å². The van der Waals surface area contributed by atoms with Crippen LogP contribution in [0.1, 0.15) is 30.7 Å². The van der Waals surface area contributed by atoms with Gasteiger partial charge in [0.15, 0.2) is 0 Å². The topological polar surface area (TPSA) is 73.0 Å². The van der Waals surface area contributed by atoms with Gasteiger partial charge in [0.05, 0.1) is 11.1 Å². The van der Waals surface area contributed by atoms with Crippen molar-refractivity contribution in [2.75, 3.05) is 0 Å².